The monoisotopic (exact) mass is 441 g/mol. The van der Waals surface area contributed by atoms with E-state index >= 15 is 0 Å². The second-order valence-corrected chi connectivity index (χ2v) is 8.67. The molecule has 172 valence electrons. The fraction of sp³-hybridized carbons (Fsp3) is 0.500. The van der Waals surface area contributed by atoms with Gasteiger partial charge in [-0.05, 0) is 36.8 Å². The highest BCUT2D eigenvalue weighted by Gasteiger charge is 2.24. The van der Waals surface area contributed by atoms with Crippen LogP contribution in [0.1, 0.15) is 74.1 Å². The van der Waals surface area contributed by atoms with Gasteiger partial charge in [0.05, 0.1) is 0 Å². The second-order valence-electron chi connectivity index (χ2n) is 8.67. The van der Waals surface area contributed by atoms with Crippen LogP contribution in [-0.4, -0.2) is 51.2 Å². The largest absolute Gasteiger partial charge is 0.465 e. The van der Waals surface area contributed by atoms with E-state index in [-0.39, 0.29) is 23.4 Å². The molecule has 1 unspecified atom stereocenters. The van der Waals surface area contributed by atoms with E-state index < -0.39 is 12.0 Å². The number of rotatable bonds is 7. The Morgan fingerprint density at radius 1 is 1.16 bits per heavy atom. The summed E-state index contributed by atoms with van der Waals surface area (Å²) < 4.78 is 0. The zero-order chi connectivity index (χ0) is 23.4. The lowest BCUT2D eigenvalue weighted by atomic mass is 10.0. The number of amides is 2. The van der Waals surface area contributed by atoms with E-state index in [1.54, 1.807) is 0 Å². The second kappa shape index (κ2) is 9.80. The van der Waals surface area contributed by atoms with Gasteiger partial charge < -0.3 is 26.4 Å². The zero-order valence-electron chi connectivity index (χ0n) is 18.9. The molecule has 0 aliphatic carbocycles. The number of primary amides is 1. The van der Waals surface area contributed by atoms with Crippen molar-refractivity contribution in [3.8, 4) is 0 Å². The zero-order valence-corrected chi connectivity index (χ0v) is 18.9. The minimum atomic E-state index is -1.05. The fourth-order valence-electron chi connectivity index (χ4n) is 3.63. The molecule has 1 aliphatic rings. The third-order valence-electron chi connectivity index (χ3n) is 5.38. The molecular weight excluding hydrogens is 410 g/mol. The molecule has 0 bridgehead atoms. The molecule has 32 heavy (non-hydrogen) atoms. The number of nitrogens with zero attached hydrogens (tertiary/aromatic N) is 4. The van der Waals surface area contributed by atoms with Gasteiger partial charge in [0, 0.05) is 42.4 Å². The molecule has 1 aliphatic heterocycles. The number of pyridine rings is 1. The SMILES string of the molecule is CC(C)c1cc(Nc2nc(N3CCCC(NC(=O)O)C3)ncc2C(N)=O)cc(C(C)C)n1. The summed E-state index contributed by atoms with van der Waals surface area (Å²) in [5.74, 6) is 0.559. The standard InChI is InChI=1S/C22H31N7O3/c1-12(2)17-8-15(9-18(27-17)13(3)4)25-20-16(19(23)30)10-24-21(28-20)29-7-5-6-14(11-29)26-22(31)32/h8-10,12-14,26H,5-7,11H2,1-4H3,(H2,23,30)(H,31,32)(H,24,25,27,28). The van der Waals surface area contributed by atoms with Crippen molar-refractivity contribution in [2.75, 3.05) is 23.3 Å². The Bertz CT molecular complexity index is 967. The molecule has 2 amide bonds. The first kappa shape index (κ1) is 23.2. The summed E-state index contributed by atoms with van der Waals surface area (Å²) in [7, 11) is 0. The number of nitrogens with two attached hydrogens (primary N) is 1. The van der Waals surface area contributed by atoms with Gasteiger partial charge >= 0.3 is 6.09 Å². The van der Waals surface area contributed by atoms with Crippen molar-refractivity contribution in [3.05, 3.63) is 35.3 Å². The molecular formula is C22H31N7O3. The van der Waals surface area contributed by atoms with Gasteiger partial charge in [0.15, 0.2) is 0 Å². The molecule has 0 spiro atoms. The van der Waals surface area contributed by atoms with Crippen molar-refractivity contribution in [2.24, 2.45) is 5.73 Å². The first-order valence-electron chi connectivity index (χ1n) is 10.8. The molecule has 5 N–H and O–H groups in total. The number of anilines is 3. The van der Waals surface area contributed by atoms with Crippen molar-refractivity contribution in [1.82, 2.24) is 20.3 Å². The molecule has 3 rings (SSSR count). The number of nitrogens with one attached hydrogen (secondary N) is 2. The summed E-state index contributed by atoms with van der Waals surface area (Å²) >= 11 is 0. The van der Waals surface area contributed by atoms with Crippen molar-refractivity contribution < 1.29 is 14.7 Å². The smallest absolute Gasteiger partial charge is 0.404 e. The highest BCUT2D eigenvalue weighted by Crippen LogP contribution is 2.27. The molecule has 2 aromatic heterocycles. The Morgan fingerprint density at radius 3 is 2.38 bits per heavy atom. The van der Waals surface area contributed by atoms with E-state index in [1.807, 2.05) is 17.0 Å². The molecule has 0 saturated carbocycles. The van der Waals surface area contributed by atoms with Gasteiger partial charge in [0.2, 0.25) is 5.95 Å². The van der Waals surface area contributed by atoms with Crippen molar-refractivity contribution in [2.45, 2.75) is 58.4 Å². The van der Waals surface area contributed by atoms with Gasteiger partial charge in [0.1, 0.15) is 11.4 Å². The van der Waals surface area contributed by atoms with Crippen LogP contribution in [0.15, 0.2) is 18.3 Å². The van der Waals surface area contributed by atoms with Crippen LogP contribution in [0.25, 0.3) is 0 Å². The maximum Gasteiger partial charge on any atom is 0.404 e. The Balaban J connectivity index is 1.94. The molecule has 10 heteroatoms. The number of hydrogen-bond donors (Lipinski definition) is 4. The van der Waals surface area contributed by atoms with Crippen LogP contribution in [0.5, 0.6) is 0 Å². The van der Waals surface area contributed by atoms with Gasteiger partial charge in [0.25, 0.3) is 5.91 Å². The Hall–Kier alpha value is -3.43. The molecule has 2 aromatic rings. The topological polar surface area (TPSA) is 146 Å². The van der Waals surface area contributed by atoms with Crippen molar-refractivity contribution >= 4 is 29.5 Å². The van der Waals surface area contributed by atoms with Crippen LogP contribution in [0.4, 0.5) is 22.2 Å². The first-order chi connectivity index (χ1) is 15.1. The maximum absolute atomic E-state index is 12.0. The third-order valence-corrected chi connectivity index (χ3v) is 5.38. The third kappa shape index (κ3) is 5.63. The summed E-state index contributed by atoms with van der Waals surface area (Å²) in [6, 6.07) is 3.67. The number of carbonyl (C=O) groups excluding carboxylic acids is 1. The maximum atomic E-state index is 12.0. The number of carbonyl (C=O) groups is 2. The van der Waals surface area contributed by atoms with Crippen LogP contribution in [0, 0.1) is 0 Å². The number of carboxylic acid groups (broad SMARTS) is 1. The number of aromatic nitrogens is 3. The van der Waals surface area contributed by atoms with Crippen LogP contribution >= 0.6 is 0 Å². The average molecular weight is 442 g/mol. The summed E-state index contributed by atoms with van der Waals surface area (Å²) in [6.45, 7) is 9.44. The molecule has 1 atom stereocenters. The Labute approximate surface area is 187 Å². The van der Waals surface area contributed by atoms with Crippen molar-refractivity contribution in [3.63, 3.8) is 0 Å². The highest BCUT2D eigenvalue weighted by molar-refractivity contribution is 5.98. The van der Waals surface area contributed by atoms with Gasteiger partial charge in [-0.15, -0.1) is 0 Å². The first-order valence-corrected chi connectivity index (χ1v) is 10.8. The molecule has 1 fully saturated rings. The Kier molecular flexibility index (Phi) is 7.12. The average Bonchev–Trinajstić information content (AvgIpc) is 2.73. The van der Waals surface area contributed by atoms with Crippen LogP contribution < -0.4 is 21.3 Å². The van der Waals surface area contributed by atoms with Crippen molar-refractivity contribution in [1.29, 1.82) is 0 Å². The minimum absolute atomic E-state index is 0.181. The molecule has 1 saturated heterocycles. The molecule has 3 heterocycles. The van der Waals surface area contributed by atoms with Gasteiger partial charge in [-0.2, -0.15) is 4.98 Å². The summed E-state index contributed by atoms with van der Waals surface area (Å²) in [4.78, 5) is 38.6. The molecule has 10 nitrogen and oxygen atoms in total. The quantitative estimate of drug-likeness (QED) is 0.512. The predicted octanol–water partition coefficient (Wildman–Crippen LogP) is 3.20. The molecule has 0 aromatic carbocycles. The normalized spacial score (nSPS) is 16.3. The van der Waals surface area contributed by atoms with E-state index in [0.29, 0.717) is 24.9 Å². The lowest BCUT2D eigenvalue weighted by Gasteiger charge is -2.32. The van der Waals surface area contributed by atoms with Crippen LogP contribution in [0.3, 0.4) is 0 Å². The fourth-order valence-corrected chi connectivity index (χ4v) is 3.63. The van der Waals surface area contributed by atoms with E-state index in [1.165, 1.54) is 6.20 Å². The van der Waals surface area contributed by atoms with Crippen LogP contribution in [0.2, 0.25) is 0 Å². The number of hydrogen-bond acceptors (Lipinski definition) is 7. The molecule has 0 radical (unpaired) electrons. The summed E-state index contributed by atoms with van der Waals surface area (Å²) in [6.07, 6.45) is 1.91. The lowest BCUT2D eigenvalue weighted by Crippen LogP contribution is -2.48. The minimum Gasteiger partial charge on any atom is -0.465 e. The van der Waals surface area contributed by atoms with E-state index in [4.69, 9.17) is 15.8 Å². The van der Waals surface area contributed by atoms with Gasteiger partial charge in [-0.25, -0.2) is 9.78 Å². The predicted molar refractivity (Wildman–Crippen MR) is 123 cm³/mol. The van der Waals surface area contributed by atoms with E-state index in [2.05, 4.69) is 48.3 Å². The van der Waals surface area contributed by atoms with E-state index in [0.717, 1.165) is 29.9 Å². The van der Waals surface area contributed by atoms with Gasteiger partial charge in [-0.1, -0.05) is 27.7 Å². The lowest BCUT2D eigenvalue weighted by molar-refractivity contribution is 0.100. The summed E-state index contributed by atoms with van der Waals surface area (Å²) in [5.41, 5.74) is 8.39. The Morgan fingerprint density at radius 2 is 1.81 bits per heavy atom. The van der Waals surface area contributed by atoms with Gasteiger partial charge in [-0.3, -0.25) is 9.78 Å². The number of piperidine rings is 1. The highest BCUT2D eigenvalue weighted by atomic mass is 16.4. The van der Waals surface area contributed by atoms with E-state index in [9.17, 15) is 9.59 Å². The van der Waals surface area contributed by atoms with Crippen LogP contribution in [-0.2, 0) is 0 Å². The summed E-state index contributed by atoms with van der Waals surface area (Å²) in [5, 5.41) is 14.8.